The van der Waals surface area contributed by atoms with Crippen LogP contribution >= 0.6 is 0 Å². The lowest BCUT2D eigenvalue weighted by Gasteiger charge is -2.11. The van der Waals surface area contributed by atoms with Crippen LogP contribution in [0.4, 0.5) is 5.69 Å². The predicted molar refractivity (Wildman–Crippen MR) is 74.0 cm³/mol. The van der Waals surface area contributed by atoms with Gasteiger partial charge in [-0.1, -0.05) is 26.0 Å². The van der Waals surface area contributed by atoms with E-state index >= 15 is 0 Å². The molecule has 0 spiro atoms. The Bertz CT molecular complexity index is 511. The maximum absolute atomic E-state index is 6.06. The van der Waals surface area contributed by atoms with E-state index in [1.165, 1.54) is 11.1 Å². The minimum Gasteiger partial charge on any atom is -0.397 e. The van der Waals surface area contributed by atoms with Crippen molar-refractivity contribution in [2.45, 2.75) is 39.9 Å². The number of nitrogen functional groups attached to an aromatic ring is 1. The summed E-state index contributed by atoms with van der Waals surface area (Å²) in [5.41, 5.74) is 9.38. The number of benzene rings is 1. The summed E-state index contributed by atoms with van der Waals surface area (Å²) in [7, 11) is 0. The monoisotopic (exact) mass is 231 g/mol. The van der Waals surface area contributed by atoms with Gasteiger partial charge >= 0.3 is 0 Å². The summed E-state index contributed by atoms with van der Waals surface area (Å²) in [4.78, 5) is 0. The van der Waals surface area contributed by atoms with Crippen molar-refractivity contribution in [3.8, 4) is 0 Å². The van der Waals surface area contributed by atoms with E-state index in [0.29, 0.717) is 6.04 Å². The molecule has 0 aliphatic heterocycles. The first kappa shape index (κ1) is 12.0. The zero-order valence-corrected chi connectivity index (χ0v) is 10.8. The third kappa shape index (κ3) is 2.29. The zero-order valence-electron chi connectivity index (χ0n) is 10.8. The number of para-hydroxylation sites is 1. The third-order valence-corrected chi connectivity index (χ3v) is 3.04. The van der Waals surface area contributed by atoms with E-state index in [9.17, 15) is 0 Å². The predicted octanol–water partition coefficient (Wildman–Crippen LogP) is 2.74. The van der Waals surface area contributed by atoms with Gasteiger partial charge in [0.1, 0.15) is 0 Å². The molecule has 17 heavy (non-hydrogen) atoms. The Morgan fingerprint density at radius 2 is 2.12 bits per heavy atom. The van der Waals surface area contributed by atoms with Gasteiger partial charge in [0.2, 0.25) is 0 Å². The molecule has 0 aliphatic rings. The van der Waals surface area contributed by atoms with Gasteiger partial charge in [-0.2, -0.15) is 0 Å². The summed E-state index contributed by atoms with van der Waals surface area (Å²) >= 11 is 0. The van der Waals surface area contributed by atoms with Gasteiger partial charge in [0, 0.05) is 30.2 Å². The highest BCUT2D eigenvalue weighted by atomic mass is 15.0. The molecule has 0 unspecified atom stereocenters. The fraction of sp³-hybridized carbons (Fsp3) is 0.429. The maximum Gasteiger partial charge on any atom is 0.0716 e. The van der Waals surface area contributed by atoms with Gasteiger partial charge in [-0.05, 0) is 19.1 Å². The van der Waals surface area contributed by atoms with E-state index in [4.69, 9.17) is 5.73 Å². The van der Waals surface area contributed by atoms with Crippen LogP contribution in [0.25, 0.3) is 10.9 Å². The minimum absolute atomic E-state index is 0.496. The molecule has 0 atom stereocenters. The molecular formula is C14H21N3. The SMILES string of the molecule is CCn1c(CNC(C)C)cc2cccc(N)c21. The molecule has 2 aromatic rings. The van der Waals surface area contributed by atoms with E-state index in [2.05, 4.69) is 42.8 Å². The van der Waals surface area contributed by atoms with Crippen molar-refractivity contribution < 1.29 is 0 Å². The third-order valence-electron chi connectivity index (χ3n) is 3.04. The van der Waals surface area contributed by atoms with Crippen molar-refractivity contribution in [3.63, 3.8) is 0 Å². The normalized spacial score (nSPS) is 11.5. The number of anilines is 1. The van der Waals surface area contributed by atoms with Crippen LogP contribution in [0.3, 0.4) is 0 Å². The Balaban J connectivity index is 2.45. The number of nitrogens with zero attached hydrogens (tertiary/aromatic N) is 1. The first-order valence-corrected chi connectivity index (χ1v) is 6.23. The van der Waals surface area contributed by atoms with Crippen LogP contribution in [0.1, 0.15) is 26.5 Å². The molecule has 0 aliphatic carbocycles. The van der Waals surface area contributed by atoms with Gasteiger partial charge in [-0.3, -0.25) is 0 Å². The second-order valence-corrected chi connectivity index (χ2v) is 4.70. The van der Waals surface area contributed by atoms with Crippen LogP contribution in [0, 0.1) is 0 Å². The van der Waals surface area contributed by atoms with Gasteiger partial charge in [-0.25, -0.2) is 0 Å². The lowest BCUT2D eigenvalue weighted by Crippen LogP contribution is -2.23. The summed E-state index contributed by atoms with van der Waals surface area (Å²) in [5.74, 6) is 0. The molecule has 3 N–H and O–H groups in total. The Morgan fingerprint density at radius 3 is 2.76 bits per heavy atom. The number of hydrogen-bond acceptors (Lipinski definition) is 2. The molecule has 3 nitrogen and oxygen atoms in total. The largest absolute Gasteiger partial charge is 0.397 e. The van der Waals surface area contributed by atoms with E-state index in [0.717, 1.165) is 24.3 Å². The highest BCUT2D eigenvalue weighted by Crippen LogP contribution is 2.25. The van der Waals surface area contributed by atoms with Crippen LogP contribution in [-0.2, 0) is 13.1 Å². The van der Waals surface area contributed by atoms with Crippen molar-refractivity contribution in [1.82, 2.24) is 9.88 Å². The summed E-state index contributed by atoms with van der Waals surface area (Å²) < 4.78 is 2.29. The zero-order chi connectivity index (χ0) is 12.4. The van der Waals surface area contributed by atoms with Gasteiger partial charge in [-0.15, -0.1) is 0 Å². The minimum atomic E-state index is 0.496. The molecule has 0 saturated carbocycles. The number of aryl methyl sites for hydroxylation is 1. The van der Waals surface area contributed by atoms with Gasteiger partial charge in [0.25, 0.3) is 0 Å². The van der Waals surface area contributed by atoms with Crippen molar-refractivity contribution in [2.24, 2.45) is 0 Å². The van der Waals surface area contributed by atoms with E-state index < -0.39 is 0 Å². The molecular weight excluding hydrogens is 210 g/mol. The van der Waals surface area contributed by atoms with Crippen LogP contribution in [0.2, 0.25) is 0 Å². The number of aromatic nitrogens is 1. The molecule has 3 heteroatoms. The number of nitrogens with two attached hydrogens (primary N) is 1. The molecule has 1 aromatic carbocycles. The van der Waals surface area contributed by atoms with Crippen LogP contribution in [0.15, 0.2) is 24.3 Å². The van der Waals surface area contributed by atoms with Crippen molar-refractivity contribution >= 4 is 16.6 Å². The number of hydrogen-bond donors (Lipinski definition) is 2. The smallest absolute Gasteiger partial charge is 0.0716 e. The average molecular weight is 231 g/mol. The van der Waals surface area contributed by atoms with Gasteiger partial charge in [0.15, 0.2) is 0 Å². The summed E-state index contributed by atoms with van der Waals surface area (Å²) in [6.07, 6.45) is 0. The first-order valence-electron chi connectivity index (χ1n) is 6.23. The fourth-order valence-electron chi connectivity index (χ4n) is 2.23. The molecule has 92 valence electrons. The van der Waals surface area contributed by atoms with Crippen LogP contribution in [-0.4, -0.2) is 10.6 Å². The standard InChI is InChI=1S/C14H21N3/c1-4-17-12(9-16-10(2)3)8-11-6-5-7-13(15)14(11)17/h5-8,10,16H,4,9,15H2,1-3H3. The van der Waals surface area contributed by atoms with Crippen LogP contribution in [0.5, 0.6) is 0 Å². The molecule has 2 rings (SSSR count). The molecule has 0 bridgehead atoms. The molecule has 1 aromatic heterocycles. The number of nitrogens with one attached hydrogen (secondary N) is 1. The van der Waals surface area contributed by atoms with E-state index in [1.54, 1.807) is 0 Å². The molecule has 0 saturated heterocycles. The number of fused-ring (bicyclic) bond motifs is 1. The molecule has 1 heterocycles. The average Bonchev–Trinajstić information content (AvgIpc) is 2.65. The Morgan fingerprint density at radius 1 is 1.35 bits per heavy atom. The lowest BCUT2D eigenvalue weighted by molar-refractivity contribution is 0.564. The fourth-order valence-corrected chi connectivity index (χ4v) is 2.23. The second kappa shape index (κ2) is 4.80. The highest BCUT2D eigenvalue weighted by Gasteiger charge is 2.09. The lowest BCUT2D eigenvalue weighted by atomic mass is 10.2. The maximum atomic E-state index is 6.06. The molecule has 0 fully saturated rings. The Kier molecular flexibility index (Phi) is 3.38. The summed E-state index contributed by atoms with van der Waals surface area (Å²) in [6, 6.07) is 8.82. The quantitative estimate of drug-likeness (QED) is 0.795. The Hall–Kier alpha value is -1.48. The Labute approximate surface area is 103 Å². The topological polar surface area (TPSA) is 43.0 Å². The van der Waals surface area contributed by atoms with Gasteiger partial charge < -0.3 is 15.6 Å². The molecule has 0 amide bonds. The van der Waals surface area contributed by atoms with Crippen molar-refractivity contribution in [3.05, 3.63) is 30.0 Å². The summed E-state index contributed by atoms with van der Waals surface area (Å²) in [6.45, 7) is 8.32. The second-order valence-electron chi connectivity index (χ2n) is 4.70. The molecule has 0 radical (unpaired) electrons. The van der Waals surface area contributed by atoms with Crippen LogP contribution < -0.4 is 11.1 Å². The van der Waals surface area contributed by atoms with Crippen molar-refractivity contribution in [2.75, 3.05) is 5.73 Å². The van der Waals surface area contributed by atoms with Crippen molar-refractivity contribution in [1.29, 1.82) is 0 Å². The summed E-state index contributed by atoms with van der Waals surface area (Å²) in [5, 5.41) is 4.68. The number of rotatable bonds is 4. The first-order chi connectivity index (χ1) is 8.13. The highest BCUT2D eigenvalue weighted by molar-refractivity contribution is 5.91. The van der Waals surface area contributed by atoms with E-state index in [1.807, 2.05) is 12.1 Å². The van der Waals surface area contributed by atoms with Gasteiger partial charge in [0.05, 0.1) is 11.2 Å². The van der Waals surface area contributed by atoms with E-state index in [-0.39, 0.29) is 0 Å².